The predicted octanol–water partition coefficient (Wildman–Crippen LogP) is 3.97. The highest BCUT2D eigenvalue weighted by atomic mass is 32.1. The molecule has 0 bridgehead atoms. The van der Waals surface area contributed by atoms with Crippen molar-refractivity contribution in [3.63, 3.8) is 0 Å². The molecule has 1 aromatic heterocycles. The largest absolute Gasteiger partial charge is 0.465 e. The fraction of sp³-hybridized carbons (Fsp3) is 0.333. The van der Waals surface area contributed by atoms with Crippen LogP contribution in [0, 0.1) is 0 Å². The molecular weight excluding hydrogens is 272 g/mol. The average molecular weight is 290 g/mol. The SMILES string of the molecule is COC(=O)c1cccc(Nc2nc(C(C)(C)C)cs2)c1. The van der Waals surface area contributed by atoms with Gasteiger partial charge in [-0.05, 0) is 18.2 Å². The van der Waals surface area contributed by atoms with Gasteiger partial charge < -0.3 is 10.1 Å². The fourth-order valence-corrected chi connectivity index (χ4v) is 2.60. The molecule has 4 nitrogen and oxygen atoms in total. The van der Waals surface area contributed by atoms with Gasteiger partial charge in [-0.2, -0.15) is 0 Å². The summed E-state index contributed by atoms with van der Waals surface area (Å²) in [4.78, 5) is 16.1. The van der Waals surface area contributed by atoms with Crippen molar-refractivity contribution in [3.8, 4) is 0 Å². The molecule has 0 amide bonds. The average Bonchev–Trinajstić information content (AvgIpc) is 2.86. The highest BCUT2D eigenvalue weighted by molar-refractivity contribution is 7.13. The molecule has 0 fully saturated rings. The van der Waals surface area contributed by atoms with Crippen LogP contribution in [0.5, 0.6) is 0 Å². The van der Waals surface area contributed by atoms with Gasteiger partial charge in [0, 0.05) is 16.5 Å². The minimum absolute atomic E-state index is 0.0320. The third kappa shape index (κ3) is 3.36. The molecule has 2 rings (SSSR count). The van der Waals surface area contributed by atoms with Gasteiger partial charge in [0.05, 0.1) is 18.4 Å². The quantitative estimate of drug-likeness (QED) is 0.869. The summed E-state index contributed by atoms with van der Waals surface area (Å²) in [5.74, 6) is -0.344. The zero-order valence-corrected chi connectivity index (χ0v) is 12.9. The topological polar surface area (TPSA) is 51.2 Å². The van der Waals surface area contributed by atoms with E-state index in [0.717, 1.165) is 16.5 Å². The maximum absolute atomic E-state index is 11.5. The number of aromatic nitrogens is 1. The second-order valence-electron chi connectivity index (χ2n) is 5.49. The van der Waals surface area contributed by atoms with Gasteiger partial charge in [-0.25, -0.2) is 9.78 Å². The maximum Gasteiger partial charge on any atom is 0.337 e. The lowest BCUT2D eigenvalue weighted by atomic mass is 9.93. The molecule has 1 heterocycles. The molecule has 2 aromatic rings. The third-order valence-corrected chi connectivity index (χ3v) is 3.57. The number of anilines is 2. The zero-order chi connectivity index (χ0) is 14.8. The Morgan fingerprint density at radius 3 is 2.70 bits per heavy atom. The summed E-state index contributed by atoms with van der Waals surface area (Å²) in [6.07, 6.45) is 0. The first-order chi connectivity index (χ1) is 9.40. The third-order valence-electron chi connectivity index (χ3n) is 2.81. The number of hydrogen-bond donors (Lipinski definition) is 1. The van der Waals surface area contributed by atoms with Crippen LogP contribution in [0.25, 0.3) is 0 Å². The summed E-state index contributed by atoms with van der Waals surface area (Å²) in [5, 5.41) is 6.08. The van der Waals surface area contributed by atoms with Crippen molar-refractivity contribution in [2.45, 2.75) is 26.2 Å². The van der Waals surface area contributed by atoms with Crippen molar-refractivity contribution in [1.29, 1.82) is 0 Å². The molecule has 20 heavy (non-hydrogen) atoms. The molecule has 106 valence electrons. The number of esters is 1. The van der Waals surface area contributed by atoms with Gasteiger partial charge in [0.15, 0.2) is 5.13 Å². The lowest BCUT2D eigenvalue weighted by molar-refractivity contribution is 0.0601. The van der Waals surface area contributed by atoms with Crippen molar-refractivity contribution < 1.29 is 9.53 Å². The van der Waals surface area contributed by atoms with E-state index in [9.17, 15) is 4.79 Å². The van der Waals surface area contributed by atoms with Crippen LogP contribution in [0.4, 0.5) is 10.8 Å². The van der Waals surface area contributed by atoms with Crippen molar-refractivity contribution in [1.82, 2.24) is 4.98 Å². The van der Waals surface area contributed by atoms with Crippen molar-refractivity contribution >= 4 is 28.1 Å². The number of thiazole rings is 1. The summed E-state index contributed by atoms with van der Waals surface area (Å²) >= 11 is 1.55. The van der Waals surface area contributed by atoms with Crippen molar-refractivity contribution in [3.05, 3.63) is 40.9 Å². The normalized spacial score (nSPS) is 11.2. The number of methoxy groups -OCH3 is 1. The van der Waals surface area contributed by atoms with Crippen LogP contribution in [0.2, 0.25) is 0 Å². The molecule has 0 saturated heterocycles. The molecule has 0 aliphatic carbocycles. The highest BCUT2D eigenvalue weighted by Gasteiger charge is 2.17. The number of nitrogens with zero attached hydrogens (tertiary/aromatic N) is 1. The number of nitrogens with one attached hydrogen (secondary N) is 1. The second-order valence-corrected chi connectivity index (χ2v) is 6.34. The smallest absolute Gasteiger partial charge is 0.337 e. The first kappa shape index (κ1) is 14.5. The number of carbonyl (C=O) groups excluding carboxylic acids is 1. The number of carbonyl (C=O) groups is 1. The molecule has 0 saturated carbocycles. The standard InChI is InChI=1S/C15H18N2O2S/c1-15(2,3)12-9-20-14(17-12)16-11-7-5-6-10(8-11)13(18)19-4/h5-9H,1-4H3,(H,16,17). The Balaban J connectivity index is 2.18. The van der Waals surface area contributed by atoms with Crippen LogP contribution < -0.4 is 5.32 Å². The van der Waals surface area contributed by atoms with Gasteiger partial charge in [-0.15, -0.1) is 11.3 Å². The Morgan fingerprint density at radius 1 is 1.35 bits per heavy atom. The van der Waals surface area contributed by atoms with E-state index in [1.54, 1.807) is 23.5 Å². The summed E-state index contributed by atoms with van der Waals surface area (Å²) in [7, 11) is 1.37. The fourth-order valence-electron chi connectivity index (χ4n) is 1.64. The zero-order valence-electron chi connectivity index (χ0n) is 12.1. The minimum atomic E-state index is -0.344. The molecule has 0 aliphatic heterocycles. The van der Waals surface area contributed by atoms with Gasteiger partial charge in [-0.1, -0.05) is 26.8 Å². The first-order valence-corrected chi connectivity index (χ1v) is 7.19. The van der Waals surface area contributed by atoms with Crippen LogP contribution in [0.1, 0.15) is 36.8 Å². The molecule has 0 unspecified atom stereocenters. The summed E-state index contributed by atoms with van der Waals surface area (Å²) < 4.78 is 4.71. The minimum Gasteiger partial charge on any atom is -0.465 e. The van der Waals surface area contributed by atoms with Gasteiger partial charge in [-0.3, -0.25) is 0 Å². The van der Waals surface area contributed by atoms with Crippen LogP contribution in [-0.4, -0.2) is 18.1 Å². The molecule has 1 N–H and O–H groups in total. The Kier molecular flexibility index (Phi) is 4.09. The van der Waals surface area contributed by atoms with Gasteiger partial charge in [0.2, 0.25) is 0 Å². The van der Waals surface area contributed by atoms with E-state index in [0.29, 0.717) is 5.56 Å². The Morgan fingerprint density at radius 2 is 2.10 bits per heavy atom. The highest BCUT2D eigenvalue weighted by Crippen LogP contribution is 2.28. The molecule has 0 atom stereocenters. The maximum atomic E-state index is 11.5. The molecule has 0 radical (unpaired) electrons. The molecule has 0 spiro atoms. The number of rotatable bonds is 3. The Labute approximate surface area is 122 Å². The Bertz CT molecular complexity index is 614. The van der Waals surface area contributed by atoms with Crippen LogP contribution in [0.3, 0.4) is 0 Å². The monoisotopic (exact) mass is 290 g/mol. The molecule has 5 heteroatoms. The van der Waals surface area contributed by atoms with E-state index in [1.165, 1.54) is 7.11 Å². The summed E-state index contributed by atoms with van der Waals surface area (Å²) in [6.45, 7) is 6.39. The van der Waals surface area contributed by atoms with E-state index < -0.39 is 0 Å². The number of benzene rings is 1. The van der Waals surface area contributed by atoms with Crippen molar-refractivity contribution in [2.24, 2.45) is 0 Å². The van der Waals surface area contributed by atoms with E-state index in [2.05, 4.69) is 31.1 Å². The predicted molar refractivity (Wildman–Crippen MR) is 81.9 cm³/mol. The van der Waals surface area contributed by atoms with Crippen LogP contribution in [-0.2, 0) is 10.2 Å². The van der Waals surface area contributed by atoms with E-state index in [4.69, 9.17) is 4.74 Å². The van der Waals surface area contributed by atoms with Gasteiger partial charge in [0.25, 0.3) is 0 Å². The van der Waals surface area contributed by atoms with E-state index in [1.807, 2.05) is 17.5 Å². The Hall–Kier alpha value is -1.88. The molecular formula is C15H18N2O2S. The van der Waals surface area contributed by atoms with Crippen LogP contribution >= 0.6 is 11.3 Å². The summed E-state index contributed by atoms with van der Waals surface area (Å²) in [6, 6.07) is 7.18. The van der Waals surface area contributed by atoms with Gasteiger partial charge in [0.1, 0.15) is 0 Å². The number of ether oxygens (including phenoxy) is 1. The lowest BCUT2D eigenvalue weighted by Gasteiger charge is -2.14. The van der Waals surface area contributed by atoms with E-state index >= 15 is 0 Å². The summed E-state index contributed by atoms with van der Waals surface area (Å²) in [5.41, 5.74) is 2.42. The van der Waals surface area contributed by atoms with Gasteiger partial charge >= 0.3 is 5.97 Å². The van der Waals surface area contributed by atoms with Crippen LogP contribution in [0.15, 0.2) is 29.6 Å². The number of hydrogen-bond acceptors (Lipinski definition) is 5. The van der Waals surface area contributed by atoms with Crippen molar-refractivity contribution in [2.75, 3.05) is 12.4 Å². The molecule has 1 aromatic carbocycles. The van der Waals surface area contributed by atoms with E-state index in [-0.39, 0.29) is 11.4 Å². The lowest BCUT2D eigenvalue weighted by Crippen LogP contribution is -2.11. The molecule has 0 aliphatic rings. The second kappa shape index (κ2) is 5.63. The first-order valence-electron chi connectivity index (χ1n) is 6.31.